The highest BCUT2D eigenvalue weighted by Crippen LogP contribution is 2.23. The number of carbonyl (C=O) groups excluding carboxylic acids is 2. The summed E-state index contributed by atoms with van der Waals surface area (Å²) in [6.07, 6.45) is 0.700. The van der Waals surface area contributed by atoms with E-state index in [1.807, 2.05) is 19.0 Å². The standard InChI is InChI=1S/C23H23ClN2O5/c1-26(2)11-5-10-25-23(29)22-19(20(27)14-6-4-7-16(12-14)30-3)21(28)17-13-15(24)8-9-18(17)31-22/h4,6-9,12-13H,5,10-11H2,1-3H3,(H,25,29). The second-order valence-electron chi connectivity index (χ2n) is 7.25. The van der Waals surface area contributed by atoms with Gasteiger partial charge in [0.2, 0.25) is 17.0 Å². The lowest BCUT2D eigenvalue weighted by molar-refractivity contribution is 0.0912. The van der Waals surface area contributed by atoms with E-state index in [2.05, 4.69) is 5.32 Å². The third-order valence-corrected chi connectivity index (χ3v) is 4.92. The second kappa shape index (κ2) is 9.76. The second-order valence-corrected chi connectivity index (χ2v) is 7.69. The van der Waals surface area contributed by atoms with E-state index in [0.29, 0.717) is 23.7 Å². The molecular weight excluding hydrogens is 420 g/mol. The lowest BCUT2D eigenvalue weighted by Gasteiger charge is -2.12. The van der Waals surface area contributed by atoms with Crippen molar-refractivity contribution >= 4 is 34.3 Å². The Labute approximate surface area is 184 Å². The first-order valence-corrected chi connectivity index (χ1v) is 10.1. The maximum absolute atomic E-state index is 13.3. The van der Waals surface area contributed by atoms with E-state index in [1.54, 1.807) is 24.3 Å². The Hall–Kier alpha value is -3.16. The molecule has 0 unspecified atom stereocenters. The Morgan fingerprint density at radius 2 is 1.94 bits per heavy atom. The van der Waals surface area contributed by atoms with Crippen LogP contribution in [0.15, 0.2) is 51.7 Å². The molecule has 1 N–H and O–H groups in total. The average molecular weight is 443 g/mol. The normalized spacial score (nSPS) is 11.0. The molecule has 0 aliphatic carbocycles. The molecular formula is C23H23ClN2O5. The van der Waals surface area contributed by atoms with Gasteiger partial charge in [0.15, 0.2) is 0 Å². The summed E-state index contributed by atoms with van der Waals surface area (Å²) >= 11 is 6.03. The van der Waals surface area contributed by atoms with Gasteiger partial charge in [-0.2, -0.15) is 0 Å². The van der Waals surface area contributed by atoms with Crippen molar-refractivity contribution in [2.24, 2.45) is 0 Å². The molecule has 8 heteroatoms. The smallest absolute Gasteiger partial charge is 0.287 e. The number of benzene rings is 2. The van der Waals surface area contributed by atoms with Crippen molar-refractivity contribution in [3.8, 4) is 5.75 Å². The molecule has 3 aromatic rings. The van der Waals surface area contributed by atoms with Crippen molar-refractivity contribution in [2.45, 2.75) is 6.42 Å². The highest BCUT2D eigenvalue weighted by atomic mass is 35.5. The van der Waals surface area contributed by atoms with E-state index in [-0.39, 0.29) is 27.9 Å². The summed E-state index contributed by atoms with van der Waals surface area (Å²) in [5.74, 6) is -1.13. The molecule has 1 aromatic heterocycles. The van der Waals surface area contributed by atoms with Crippen LogP contribution in [0.1, 0.15) is 32.9 Å². The number of hydrogen-bond acceptors (Lipinski definition) is 6. The molecule has 0 atom stereocenters. The summed E-state index contributed by atoms with van der Waals surface area (Å²) < 4.78 is 10.9. The minimum atomic E-state index is -0.632. The molecule has 0 aliphatic heterocycles. The Kier molecular flexibility index (Phi) is 7.09. The zero-order chi connectivity index (χ0) is 22.5. The zero-order valence-corrected chi connectivity index (χ0v) is 18.3. The monoisotopic (exact) mass is 442 g/mol. The SMILES string of the molecule is COc1cccc(C(=O)c2c(C(=O)NCCCN(C)C)oc3ccc(Cl)cc3c2=O)c1. The van der Waals surface area contributed by atoms with Gasteiger partial charge in [-0.25, -0.2) is 0 Å². The number of halogens is 1. The third kappa shape index (κ3) is 5.13. The van der Waals surface area contributed by atoms with Crippen molar-refractivity contribution in [1.82, 2.24) is 10.2 Å². The van der Waals surface area contributed by atoms with Crippen molar-refractivity contribution in [2.75, 3.05) is 34.3 Å². The first kappa shape index (κ1) is 22.5. The maximum Gasteiger partial charge on any atom is 0.287 e. The van der Waals surface area contributed by atoms with E-state index >= 15 is 0 Å². The van der Waals surface area contributed by atoms with Gasteiger partial charge < -0.3 is 19.4 Å². The summed E-state index contributed by atoms with van der Waals surface area (Å²) in [6, 6.07) is 10.8. The quantitative estimate of drug-likeness (QED) is 0.425. The number of hydrogen-bond donors (Lipinski definition) is 1. The van der Waals surface area contributed by atoms with Crippen LogP contribution in [-0.2, 0) is 0 Å². The number of nitrogens with zero attached hydrogens (tertiary/aromatic N) is 1. The molecule has 0 saturated carbocycles. The lowest BCUT2D eigenvalue weighted by Crippen LogP contribution is -2.31. The molecule has 31 heavy (non-hydrogen) atoms. The van der Waals surface area contributed by atoms with Gasteiger partial charge in [0.1, 0.15) is 16.9 Å². The number of amides is 1. The van der Waals surface area contributed by atoms with Crippen LogP contribution in [0.5, 0.6) is 5.75 Å². The molecule has 3 rings (SSSR count). The van der Waals surface area contributed by atoms with Gasteiger partial charge in [0.05, 0.1) is 12.5 Å². The fourth-order valence-corrected chi connectivity index (χ4v) is 3.29. The van der Waals surface area contributed by atoms with Crippen LogP contribution >= 0.6 is 11.6 Å². The maximum atomic E-state index is 13.3. The number of rotatable bonds is 8. The summed E-state index contributed by atoms with van der Waals surface area (Å²) in [6.45, 7) is 1.14. The molecule has 2 aromatic carbocycles. The van der Waals surface area contributed by atoms with Gasteiger partial charge in [-0.15, -0.1) is 0 Å². The lowest BCUT2D eigenvalue weighted by atomic mass is 9.99. The summed E-state index contributed by atoms with van der Waals surface area (Å²) in [5, 5.41) is 3.17. The number of carbonyl (C=O) groups is 2. The van der Waals surface area contributed by atoms with Gasteiger partial charge >= 0.3 is 0 Å². The molecule has 7 nitrogen and oxygen atoms in total. The minimum absolute atomic E-state index is 0.128. The molecule has 162 valence electrons. The van der Waals surface area contributed by atoms with E-state index in [0.717, 1.165) is 6.54 Å². The molecule has 0 saturated heterocycles. The third-order valence-electron chi connectivity index (χ3n) is 4.69. The van der Waals surface area contributed by atoms with E-state index < -0.39 is 17.1 Å². The predicted octanol–water partition coefficient (Wildman–Crippen LogP) is 3.37. The Balaban J connectivity index is 2.09. The van der Waals surface area contributed by atoms with Gasteiger partial charge in [-0.1, -0.05) is 23.7 Å². The van der Waals surface area contributed by atoms with Crippen molar-refractivity contribution in [1.29, 1.82) is 0 Å². The number of ether oxygens (including phenoxy) is 1. The Morgan fingerprint density at radius 1 is 1.16 bits per heavy atom. The summed E-state index contributed by atoms with van der Waals surface area (Å²) in [4.78, 5) is 41.4. The van der Waals surface area contributed by atoms with Gasteiger partial charge in [0.25, 0.3) is 5.91 Å². The predicted molar refractivity (Wildman–Crippen MR) is 119 cm³/mol. The van der Waals surface area contributed by atoms with Gasteiger partial charge in [-0.05, 0) is 57.4 Å². The molecule has 0 spiro atoms. The van der Waals surface area contributed by atoms with Gasteiger partial charge in [0, 0.05) is 17.1 Å². The molecule has 0 radical (unpaired) electrons. The van der Waals surface area contributed by atoms with Crippen LogP contribution in [0.25, 0.3) is 11.0 Å². The van der Waals surface area contributed by atoms with Crippen molar-refractivity contribution < 1.29 is 18.7 Å². The zero-order valence-electron chi connectivity index (χ0n) is 17.5. The van der Waals surface area contributed by atoms with Crippen LogP contribution in [0, 0.1) is 0 Å². The number of nitrogens with one attached hydrogen (secondary N) is 1. The highest BCUT2D eigenvalue weighted by molar-refractivity contribution is 6.31. The summed E-state index contributed by atoms with van der Waals surface area (Å²) in [5.41, 5.74) is -0.576. The molecule has 1 amide bonds. The van der Waals surface area contributed by atoms with E-state index in [1.165, 1.54) is 25.3 Å². The molecule has 0 bridgehead atoms. The van der Waals surface area contributed by atoms with Crippen LogP contribution in [0.4, 0.5) is 0 Å². The van der Waals surface area contributed by atoms with E-state index in [9.17, 15) is 14.4 Å². The summed E-state index contributed by atoms with van der Waals surface area (Å²) in [7, 11) is 5.34. The van der Waals surface area contributed by atoms with Crippen LogP contribution < -0.4 is 15.5 Å². The molecule has 0 aliphatic rings. The Bertz CT molecular complexity index is 1190. The number of ketones is 1. The van der Waals surface area contributed by atoms with E-state index in [4.69, 9.17) is 20.8 Å². The first-order valence-electron chi connectivity index (χ1n) is 9.70. The van der Waals surface area contributed by atoms with Crippen molar-refractivity contribution in [3.05, 3.63) is 74.6 Å². The number of fused-ring (bicyclic) bond motifs is 1. The van der Waals surface area contributed by atoms with Crippen LogP contribution in [0.3, 0.4) is 0 Å². The number of methoxy groups -OCH3 is 1. The molecule has 0 fully saturated rings. The Morgan fingerprint density at radius 3 is 2.65 bits per heavy atom. The minimum Gasteiger partial charge on any atom is -0.497 e. The van der Waals surface area contributed by atoms with Crippen molar-refractivity contribution in [3.63, 3.8) is 0 Å². The fourth-order valence-electron chi connectivity index (χ4n) is 3.12. The first-order chi connectivity index (χ1) is 14.8. The van der Waals surface area contributed by atoms with Gasteiger partial charge in [-0.3, -0.25) is 14.4 Å². The molecule has 1 heterocycles. The largest absolute Gasteiger partial charge is 0.497 e. The van der Waals surface area contributed by atoms with Crippen LogP contribution in [-0.4, -0.2) is 50.9 Å². The fraction of sp³-hybridized carbons (Fsp3) is 0.261. The van der Waals surface area contributed by atoms with Crippen LogP contribution in [0.2, 0.25) is 5.02 Å². The average Bonchev–Trinajstić information content (AvgIpc) is 2.76. The topological polar surface area (TPSA) is 88.8 Å². The highest BCUT2D eigenvalue weighted by Gasteiger charge is 2.27.